The predicted octanol–water partition coefficient (Wildman–Crippen LogP) is 3.55. The number of carbonyl (C=O) groups is 1. The van der Waals surface area contributed by atoms with Crippen LogP contribution in [0.3, 0.4) is 0 Å². The molecule has 0 spiro atoms. The summed E-state index contributed by atoms with van der Waals surface area (Å²) in [6, 6.07) is 1.98. The van der Waals surface area contributed by atoms with Gasteiger partial charge in [-0.1, -0.05) is 0 Å². The Morgan fingerprint density at radius 1 is 1.00 bits per heavy atom. The standard InChI is InChI=1S/C14H9F6NO4S/c1-25-12(22)11-3-2-4-21(11)26(23,24)10-6-8(13(15,16)17)5-9(7-10)14(18,19)20/h2-7H,1H3. The van der Waals surface area contributed by atoms with Gasteiger partial charge in [-0.2, -0.15) is 26.3 Å². The number of hydrogen-bond donors (Lipinski definition) is 0. The van der Waals surface area contributed by atoms with Crippen molar-refractivity contribution in [2.24, 2.45) is 0 Å². The average molecular weight is 401 g/mol. The van der Waals surface area contributed by atoms with Gasteiger partial charge in [0.2, 0.25) is 0 Å². The molecule has 1 aromatic carbocycles. The number of halogens is 6. The van der Waals surface area contributed by atoms with Crippen molar-refractivity contribution in [3.63, 3.8) is 0 Å². The molecule has 0 saturated carbocycles. The van der Waals surface area contributed by atoms with Gasteiger partial charge in [-0.05, 0) is 30.3 Å². The molecule has 1 aromatic heterocycles. The van der Waals surface area contributed by atoms with Crippen molar-refractivity contribution in [1.82, 2.24) is 3.97 Å². The summed E-state index contributed by atoms with van der Waals surface area (Å²) in [6.45, 7) is 0. The van der Waals surface area contributed by atoms with E-state index < -0.39 is 50.1 Å². The summed E-state index contributed by atoms with van der Waals surface area (Å²) in [5.74, 6) is -1.14. The zero-order valence-corrected chi connectivity index (χ0v) is 13.5. The van der Waals surface area contributed by atoms with Crippen LogP contribution < -0.4 is 0 Å². The average Bonchev–Trinajstić information content (AvgIpc) is 3.02. The van der Waals surface area contributed by atoms with Crippen LogP contribution >= 0.6 is 0 Å². The van der Waals surface area contributed by atoms with E-state index in [-0.39, 0.29) is 22.2 Å². The number of carbonyl (C=O) groups excluding carboxylic acids is 1. The van der Waals surface area contributed by atoms with Crippen LogP contribution in [0.4, 0.5) is 26.3 Å². The maximum atomic E-state index is 12.9. The topological polar surface area (TPSA) is 65.4 Å². The van der Waals surface area contributed by atoms with E-state index >= 15 is 0 Å². The lowest BCUT2D eigenvalue weighted by Gasteiger charge is -2.15. The van der Waals surface area contributed by atoms with Gasteiger partial charge in [0.05, 0.1) is 23.1 Å². The maximum absolute atomic E-state index is 12.9. The van der Waals surface area contributed by atoms with Crippen LogP contribution in [0.25, 0.3) is 0 Å². The first-order valence-corrected chi connectivity index (χ1v) is 8.03. The molecule has 0 N–H and O–H groups in total. The molecule has 0 unspecified atom stereocenters. The number of aromatic nitrogens is 1. The van der Waals surface area contributed by atoms with Gasteiger partial charge < -0.3 is 4.74 Å². The normalized spacial score (nSPS) is 12.9. The minimum absolute atomic E-state index is 0.0611. The molecule has 1 heterocycles. The van der Waals surface area contributed by atoms with E-state index in [1.54, 1.807) is 0 Å². The Morgan fingerprint density at radius 3 is 1.92 bits per heavy atom. The van der Waals surface area contributed by atoms with Crippen LogP contribution in [0.1, 0.15) is 21.6 Å². The minimum atomic E-state index is -5.21. The largest absolute Gasteiger partial charge is 0.464 e. The second kappa shape index (κ2) is 6.34. The summed E-state index contributed by atoms with van der Waals surface area (Å²) in [6.07, 6.45) is -9.63. The highest BCUT2D eigenvalue weighted by Gasteiger charge is 2.38. The molecule has 0 aliphatic carbocycles. The molecule has 12 heteroatoms. The van der Waals surface area contributed by atoms with E-state index in [1.165, 1.54) is 0 Å². The first kappa shape index (κ1) is 19.8. The molecule has 26 heavy (non-hydrogen) atoms. The van der Waals surface area contributed by atoms with E-state index in [4.69, 9.17) is 0 Å². The Bertz CT molecular complexity index is 911. The number of benzene rings is 1. The van der Waals surface area contributed by atoms with Crippen molar-refractivity contribution in [2.45, 2.75) is 17.2 Å². The zero-order chi connectivity index (χ0) is 19.9. The molecule has 142 valence electrons. The summed E-state index contributed by atoms with van der Waals surface area (Å²) in [4.78, 5) is 10.3. The summed E-state index contributed by atoms with van der Waals surface area (Å²) in [5, 5.41) is 0. The molecule has 0 bridgehead atoms. The number of alkyl halides is 6. The lowest BCUT2D eigenvalue weighted by molar-refractivity contribution is -0.143. The fraction of sp³-hybridized carbons (Fsp3) is 0.214. The summed E-state index contributed by atoms with van der Waals surface area (Å²) in [7, 11) is -4.00. The molecule has 0 amide bonds. The highest BCUT2D eigenvalue weighted by molar-refractivity contribution is 7.90. The van der Waals surface area contributed by atoms with Crippen molar-refractivity contribution in [2.75, 3.05) is 7.11 Å². The molecular formula is C14H9F6NO4S. The van der Waals surface area contributed by atoms with Crippen molar-refractivity contribution in [3.8, 4) is 0 Å². The molecule has 0 atom stereocenters. The van der Waals surface area contributed by atoms with Gasteiger partial charge in [-0.3, -0.25) is 0 Å². The van der Waals surface area contributed by atoms with E-state index in [0.717, 1.165) is 25.4 Å². The Kier molecular flexibility index (Phi) is 4.83. The molecule has 0 radical (unpaired) electrons. The maximum Gasteiger partial charge on any atom is 0.416 e. The zero-order valence-electron chi connectivity index (χ0n) is 12.7. The van der Waals surface area contributed by atoms with Crippen molar-refractivity contribution < 1.29 is 44.3 Å². The minimum Gasteiger partial charge on any atom is -0.464 e. The van der Waals surface area contributed by atoms with E-state index in [2.05, 4.69) is 4.74 Å². The third-order valence-corrected chi connectivity index (χ3v) is 4.89. The molecule has 0 aliphatic rings. The van der Waals surface area contributed by atoms with Gasteiger partial charge in [0, 0.05) is 6.20 Å². The SMILES string of the molecule is COC(=O)c1cccn1S(=O)(=O)c1cc(C(F)(F)F)cc(C(F)(F)F)c1. The Hall–Kier alpha value is -2.50. The molecule has 0 saturated heterocycles. The lowest BCUT2D eigenvalue weighted by Crippen LogP contribution is -2.20. The van der Waals surface area contributed by atoms with Crippen LogP contribution in [0, 0.1) is 0 Å². The fourth-order valence-electron chi connectivity index (χ4n) is 2.03. The first-order chi connectivity index (χ1) is 11.8. The Labute approximate surface area is 142 Å². The summed E-state index contributed by atoms with van der Waals surface area (Å²) < 4.78 is 107. The van der Waals surface area contributed by atoms with Gasteiger partial charge in [-0.25, -0.2) is 17.2 Å². The first-order valence-electron chi connectivity index (χ1n) is 6.59. The van der Waals surface area contributed by atoms with Gasteiger partial charge in [-0.15, -0.1) is 0 Å². The number of methoxy groups -OCH3 is 1. The summed E-state index contributed by atoms with van der Waals surface area (Å²) in [5.41, 5.74) is -4.17. The Morgan fingerprint density at radius 2 is 1.50 bits per heavy atom. The van der Waals surface area contributed by atoms with Crippen LogP contribution in [0.2, 0.25) is 0 Å². The second-order valence-electron chi connectivity index (χ2n) is 4.93. The van der Waals surface area contributed by atoms with Gasteiger partial charge in [0.25, 0.3) is 10.0 Å². The Balaban J connectivity index is 2.75. The summed E-state index contributed by atoms with van der Waals surface area (Å²) >= 11 is 0. The molecule has 2 rings (SSSR count). The van der Waals surface area contributed by atoms with Crippen LogP contribution in [0.15, 0.2) is 41.4 Å². The number of hydrogen-bond acceptors (Lipinski definition) is 4. The monoisotopic (exact) mass is 401 g/mol. The quantitative estimate of drug-likeness (QED) is 0.583. The molecule has 2 aromatic rings. The number of esters is 1. The van der Waals surface area contributed by atoms with Gasteiger partial charge >= 0.3 is 18.3 Å². The van der Waals surface area contributed by atoms with E-state index in [0.29, 0.717) is 0 Å². The van der Waals surface area contributed by atoms with E-state index in [1.807, 2.05) is 0 Å². The van der Waals surface area contributed by atoms with Crippen molar-refractivity contribution in [3.05, 3.63) is 53.3 Å². The molecule has 0 fully saturated rings. The molecule has 0 aliphatic heterocycles. The smallest absolute Gasteiger partial charge is 0.416 e. The van der Waals surface area contributed by atoms with Crippen LogP contribution in [-0.2, 0) is 27.1 Å². The fourth-order valence-corrected chi connectivity index (χ4v) is 3.43. The van der Waals surface area contributed by atoms with E-state index in [9.17, 15) is 39.6 Å². The number of rotatable bonds is 3. The van der Waals surface area contributed by atoms with Gasteiger partial charge in [0.1, 0.15) is 5.69 Å². The van der Waals surface area contributed by atoms with Gasteiger partial charge in [0.15, 0.2) is 0 Å². The van der Waals surface area contributed by atoms with Crippen LogP contribution in [-0.4, -0.2) is 25.5 Å². The highest BCUT2D eigenvalue weighted by Crippen LogP contribution is 2.37. The third kappa shape index (κ3) is 3.69. The highest BCUT2D eigenvalue weighted by atomic mass is 32.2. The molecule has 5 nitrogen and oxygen atoms in total. The van der Waals surface area contributed by atoms with Crippen molar-refractivity contribution in [1.29, 1.82) is 0 Å². The lowest BCUT2D eigenvalue weighted by atomic mass is 10.1. The predicted molar refractivity (Wildman–Crippen MR) is 74.8 cm³/mol. The number of nitrogens with zero attached hydrogens (tertiary/aromatic N) is 1. The third-order valence-electron chi connectivity index (χ3n) is 3.23. The second-order valence-corrected chi connectivity index (χ2v) is 6.74. The number of ether oxygens (including phenoxy) is 1. The van der Waals surface area contributed by atoms with Crippen LogP contribution in [0.5, 0.6) is 0 Å². The van der Waals surface area contributed by atoms with Crippen molar-refractivity contribution >= 4 is 16.0 Å². The molecular weight excluding hydrogens is 392 g/mol.